The lowest BCUT2D eigenvalue weighted by Gasteiger charge is -2.19. The molecule has 0 spiro atoms. The Labute approximate surface area is 192 Å². The Kier molecular flexibility index (Phi) is 7.07. The van der Waals surface area contributed by atoms with E-state index >= 15 is 0 Å². The summed E-state index contributed by atoms with van der Waals surface area (Å²) in [6, 6.07) is 16.5. The number of aliphatic carboxylic acids is 1. The van der Waals surface area contributed by atoms with Crippen LogP contribution in [-0.4, -0.2) is 41.1 Å². The van der Waals surface area contributed by atoms with E-state index in [4.69, 9.17) is 16.3 Å². The third-order valence-electron chi connectivity index (χ3n) is 4.86. The summed E-state index contributed by atoms with van der Waals surface area (Å²) < 4.78 is 30.8. The Morgan fingerprint density at radius 3 is 2.53 bits per heavy atom. The maximum absolute atomic E-state index is 11.7. The van der Waals surface area contributed by atoms with E-state index in [1.165, 1.54) is 20.1 Å². The van der Waals surface area contributed by atoms with Crippen LogP contribution in [0.2, 0.25) is 5.02 Å². The Morgan fingerprint density at radius 2 is 1.88 bits per heavy atom. The van der Waals surface area contributed by atoms with E-state index in [2.05, 4.69) is 5.10 Å². The lowest BCUT2D eigenvalue weighted by atomic mass is 10.1. The summed E-state index contributed by atoms with van der Waals surface area (Å²) in [4.78, 5) is 11.4. The Bertz CT molecular complexity index is 1230. The van der Waals surface area contributed by atoms with Crippen LogP contribution in [0.3, 0.4) is 0 Å². The van der Waals surface area contributed by atoms with Crippen molar-refractivity contribution < 1.29 is 23.1 Å². The van der Waals surface area contributed by atoms with Crippen molar-refractivity contribution >= 4 is 27.4 Å². The number of benzene rings is 2. The van der Waals surface area contributed by atoms with Gasteiger partial charge in [-0.25, -0.2) is 13.2 Å². The van der Waals surface area contributed by atoms with Gasteiger partial charge >= 0.3 is 5.97 Å². The van der Waals surface area contributed by atoms with Gasteiger partial charge in [-0.2, -0.15) is 5.10 Å². The third-order valence-corrected chi connectivity index (χ3v) is 6.08. The standard InChI is InChI=1S/C23H25ClN2O5S/c1-23(2,22(27)28)31-14-19-12-21(17-9-6-7-16(11-17)15-32(3,29)30)26(25-19)13-18-8-4-5-10-20(18)24/h4-12H,13-15H2,1-3H3,(H,27,28). The number of carboxylic acids is 1. The van der Waals surface area contributed by atoms with Crippen molar-refractivity contribution in [1.82, 2.24) is 9.78 Å². The summed E-state index contributed by atoms with van der Waals surface area (Å²) in [6.07, 6.45) is 1.20. The monoisotopic (exact) mass is 476 g/mol. The van der Waals surface area contributed by atoms with E-state index in [1.54, 1.807) is 22.9 Å². The molecular weight excluding hydrogens is 452 g/mol. The minimum absolute atomic E-state index is 0.00481. The average Bonchev–Trinajstić information content (AvgIpc) is 3.10. The summed E-state index contributed by atoms with van der Waals surface area (Å²) in [7, 11) is -3.18. The number of carboxylic acid groups (broad SMARTS) is 1. The molecule has 0 radical (unpaired) electrons. The molecule has 32 heavy (non-hydrogen) atoms. The van der Waals surface area contributed by atoms with Gasteiger partial charge in [-0.05, 0) is 43.2 Å². The van der Waals surface area contributed by atoms with Crippen LogP contribution >= 0.6 is 11.6 Å². The summed E-state index contributed by atoms with van der Waals surface area (Å²) in [5.74, 6) is -1.14. The molecule has 0 aliphatic rings. The number of carbonyl (C=O) groups is 1. The van der Waals surface area contributed by atoms with Crippen LogP contribution in [0.5, 0.6) is 0 Å². The van der Waals surface area contributed by atoms with Gasteiger partial charge in [0.25, 0.3) is 0 Å². The second-order valence-electron chi connectivity index (χ2n) is 8.14. The summed E-state index contributed by atoms with van der Waals surface area (Å²) in [5.41, 5.74) is 2.25. The fourth-order valence-electron chi connectivity index (χ4n) is 3.12. The molecule has 1 aromatic heterocycles. The molecule has 9 heteroatoms. The Morgan fingerprint density at radius 1 is 1.16 bits per heavy atom. The number of aromatic nitrogens is 2. The highest BCUT2D eigenvalue weighted by Crippen LogP contribution is 2.26. The molecule has 1 heterocycles. The molecule has 0 atom stereocenters. The summed E-state index contributed by atoms with van der Waals surface area (Å²) >= 11 is 6.34. The van der Waals surface area contributed by atoms with Crippen molar-refractivity contribution in [3.8, 4) is 11.3 Å². The van der Waals surface area contributed by atoms with Crippen LogP contribution in [0.25, 0.3) is 11.3 Å². The van der Waals surface area contributed by atoms with Gasteiger partial charge in [0.15, 0.2) is 15.4 Å². The lowest BCUT2D eigenvalue weighted by Crippen LogP contribution is -2.34. The number of hydrogen-bond acceptors (Lipinski definition) is 5. The number of sulfone groups is 1. The normalized spacial score (nSPS) is 12.1. The van der Waals surface area contributed by atoms with Gasteiger partial charge in [0, 0.05) is 16.8 Å². The van der Waals surface area contributed by atoms with Gasteiger partial charge in [-0.1, -0.05) is 48.0 Å². The molecule has 3 rings (SSSR count). The highest BCUT2D eigenvalue weighted by molar-refractivity contribution is 7.89. The summed E-state index contributed by atoms with van der Waals surface area (Å²) in [6.45, 7) is 3.34. The quantitative estimate of drug-likeness (QED) is 0.497. The molecule has 2 aromatic carbocycles. The van der Waals surface area contributed by atoms with Crippen molar-refractivity contribution in [2.75, 3.05) is 6.26 Å². The topological polar surface area (TPSA) is 98.5 Å². The largest absolute Gasteiger partial charge is 0.479 e. The smallest absolute Gasteiger partial charge is 0.335 e. The van der Waals surface area contributed by atoms with Gasteiger partial charge in [0.05, 0.1) is 30.3 Å². The maximum atomic E-state index is 11.7. The zero-order valence-electron chi connectivity index (χ0n) is 18.1. The molecule has 7 nitrogen and oxygen atoms in total. The van der Waals surface area contributed by atoms with Crippen molar-refractivity contribution in [3.63, 3.8) is 0 Å². The molecule has 3 aromatic rings. The fourth-order valence-corrected chi connectivity index (χ4v) is 4.10. The maximum Gasteiger partial charge on any atom is 0.335 e. The van der Waals surface area contributed by atoms with Crippen LogP contribution < -0.4 is 0 Å². The van der Waals surface area contributed by atoms with Gasteiger partial charge in [-0.3, -0.25) is 4.68 Å². The van der Waals surface area contributed by atoms with Gasteiger partial charge in [0.1, 0.15) is 0 Å². The lowest BCUT2D eigenvalue weighted by molar-refractivity contribution is -0.162. The predicted molar refractivity (Wildman–Crippen MR) is 123 cm³/mol. The van der Waals surface area contributed by atoms with E-state index in [0.29, 0.717) is 22.8 Å². The van der Waals surface area contributed by atoms with Crippen LogP contribution in [0.4, 0.5) is 0 Å². The number of ether oxygens (including phenoxy) is 1. The number of rotatable bonds is 9. The molecule has 0 aliphatic carbocycles. The zero-order valence-corrected chi connectivity index (χ0v) is 19.7. The fraction of sp³-hybridized carbons (Fsp3) is 0.304. The first-order chi connectivity index (χ1) is 14.9. The second-order valence-corrected chi connectivity index (χ2v) is 10.7. The van der Waals surface area contributed by atoms with Crippen molar-refractivity contribution in [2.24, 2.45) is 0 Å². The van der Waals surface area contributed by atoms with Crippen LogP contribution in [0.15, 0.2) is 54.6 Å². The molecule has 0 aliphatic heterocycles. The summed E-state index contributed by atoms with van der Waals surface area (Å²) in [5, 5.41) is 14.5. The molecule has 0 unspecified atom stereocenters. The van der Waals surface area contributed by atoms with Gasteiger partial charge in [0.2, 0.25) is 0 Å². The van der Waals surface area contributed by atoms with E-state index in [1.807, 2.05) is 36.4 Å². The molecular formula is C23H25ClN2O5S. The predicted octanol–water partition coefficient (Wildman–Crippen LogP) is 4.18. The highest BCUT2D eigenvalue weighted by Gasteiger charge is 2.28. The average molecular weight is 477 g/mol. The molecule has 170 valence electrons. The van der Waals surface area contributed by atoms with E-state index in [9.17, 15) is 18.3 Å². The van der Waals surface area contributed by atoms with E-state index in [-0.39, 0.29) is 12.4 Å². The molecule has 0 amide bonds. The van der Waals surface area contributed by atoms with Crippen molar-refractivity contribution in [2.45, 2.75) is 38.4 Å². The minimum Gasteiger partial charge on any atom is -0.479 e. The number of halogens is 1. The Hall–Kier alpha value is -2.68. The van der Waals surface area contributed by atoms with Gasteiger partial charge in [-0.15, -0.1) is 0 Å². The molecule has 1 N–H and O–H groups in total. The SMILES string of the molecule is CC(C)(OCc1cc(-c2cccc(CS(C)(=O)=O)c2)n(Cc2ccccc2Cl)n1)C(=O)O. The first-order valence-electron chi connectivity index (χ1n) is 9.89. The van der Waals surface area contributed by atoms with Crippen LogP contribution in [0.1, 0.15) is 30.7 Å². The van der Waals surface area contributed by atoms with E-state index < -0.39 is 21.4 Å². The zero-order chi connectivity index (χ0) is 23.5. The van der Waals surface area contributed by atoms with Crippen molar-refractivity contribution in [3.05, 3.63) is 76.4 Å². The minimum atomic E-state index is -3.18. The van der Waals surface area contributed by atoms with Gasteiger partial charge < -0.3 is 9.84 Å². The Balaban J connectivity index is 1.99. The molecule has 0 saturated carbocycles. The number of nitrogens with zero attached hydrogens (tertiary/aromatic N) is 2. The first kappa shape index (κ1) is 24.0. The highest BCUT2D eigenvalue weighted by atomic mass is 35.5. The molecule has 0 saturated heterocycles. The van der Waals surface area contributed by atoms with Crippen molar-refractivity contribution in [1.29, 1.82) is 0 Å². The molecule has 0 bridgehead atoms. The second kappa shape index (κ2) is 9.44. The molecule has 0 fully saturated rings. The van der Waals surface area contributed by atoms with Crippen LogP contribution in [0, 0.1) is 0 Å². The van der Waals surface area contributed by atoms with E-state index in [0.717, 1.165) is 16.8 Å². The first-order valence-corrected chi connectivity index (χ1v) is 12.3. The third kappa shape index (κ3) is 6.18. The van der Waals surface area contributed by atoms with Crippen LogP contribution in [-0.2, 0) is 38.3 Å². The number of hydrogen-bond donors (Lipinski definition) is 1.